The fourth-order valence-electron chi connectivity index (χ4n) is 3.09. The summed E-state index contributed by atoms with van der Waals surface area (Å²) in [5.41, 5.74) is 5.18. The number of benzene rings is 2. The van der Waals surface area contributed by atoms with Crippen LogP contribution in [-0.4, -0.2) is 38.9 Å². The normalized spacial score (nSPS) is 11.1. The molecule has 2 aromatic heterocycles. The molecule has 0 bridgehead atoms. The van der Waals surface area contributed by atoms with Crippen LogP contribution >= 0.6 is 0 Å². The molecule has 4 aromatic rings. The van der Waals surface area contributed by atoms with Crippen LogP contribution in [0.3, 0.4) is 0 Å². The van der Waals surface area contributed by atoms with Crippen molar-refractivity contribution in [1.29, 1.82) is 0 Å². The zero-order valence-electron chi connectivity index (χ0n) is 16.2. The monoisotopic (exact) mass is 401 g/mol. The largest absolute Gasteiger partial charge is 0.504 e. The lowest BCUT2D eigenvalue weighted by molar-refractivity contribution is -0.121. The number of aromatic hydroxyl groups is 1. The maximum absolute atomic E-state index is 12.6. The van der Waals surface area contributed by atoms with Crippen molar-refractivity contribution in [3.05, 3.63) is 72.4 Å². The van der Waals surface area contributed by atoms with Crippen molar-refractivity contribution in [2.24, 2.45) is 5.10 Å². The van der Waals surface area contributed by atoms with Crippen molar-refractivity contribution in [3.8, 4) is 23.0 Å². The number of phenols is 1. The van der Waals surface area contributed by atoms with Crippen LogP contribution < -0.4 is 10.2 Å². The minimum atomic E-state index is -0.339. The average molecular weight is 401 g/mol. The van der Waals surface area contributed by atoms with E-state index in [1.165, 1.54) is 13.3 Å². The van der Waals surface area contributed by atoms with E-state index in [0.29, 0.717) is 22.8 Å². The Hall–Kier alpha value is -4.20. The number of aromatic nitrogens is 3. The molecule has 2 heterocycles. The van der Waals surface area contributed by atoms with E-state index in [-0.39, 0.29) is 18.2 Å². The summed E-state index contributed by atoms with van der Waals surface area (Å²) in [6.45, 7) is 0.00779. The molecule has 0 atom stereocenters. The molecule has 2 N–H and O–H groups in total. The SMILES string of the molecule is COc1cccc(/C=N\NC(=O)Cn2c(-c3ccccn3)nc3ccccc32)c1O. The molecule has 0 radical (unpaired) electrons. The molecule has 0 saturated heterocycles. The first-order valence-corrected chi connectivity index (χ1v) is 9.22. The van der Waals surface area contributed by atoms with Gasteiger partial charge in [0.15, 0.2) is 17.3 Å². The number of ether oxygens (including phenoxy) is 1. The van der Waals surface area contributed by atoms with Gasteiger partial charge in [-0.2, -0.15) is 5.10 Å². The summed E-state index contributed by atoms with van der Waals surface area (Å²) in [7, 11) is 1.46. The number of carbonyl (C=O) groups excluding carboxylic acids is 1. The highest BCUT2D eigenvalue weighted by molar-refractivity contribution is 5.87. The standard InChI is InChI=1S/C22H19N5O3/c1-30-19-11-6-7-15(21(19)29)13-24-26-20(28)14-27-18-10-3-2-8-16(18)25-22(27)17-9-4-5-12-23-17/h2-13,29H,14H2,1H3,(H,26,28)/b24-13-. The molecule has 0 aliphatic rings. The van der Waals surface area contributed by atoms with E-state index in [2.05, 4.69) is 20.5 Å². The summed E-state index contributed by atoms with van der Waals surface area (Å²) in [4.78, 5) is 21.5. The number of rotatable bonds is 6. The van der Waals surface area contributed by atoms with Gasteiger partial charge in [-0.25, -0.2) is 10.4 Å². The third kappa shape index (κ3) is 3.83. The molecule has 30 heavy (non-hydrogen) atoms. The molecule has 8 nitrogen and oxygen atoms in total. The van der Waals surface area contributed by atoms with Crippen LogP contribution in [0.25, 0.3) is 22.6 Å². The maximum Gasteiger partial charge on any atom is 0.260 e. The van der Waals surface area contributed by atoms with Crippen molar-refractivity contribution in [3.63, 3.8) is 0 Å². The number of pyridine rings is 1. The van der Waals surface area contributed by atoms with Crippen LogP contribution in [0.1, 0.15) is 5.56 Å². The van der Waals surface area contributed by atoms with E-state index in [0.717, 1.165) is 11.0 Å². The molecule has 2 aromatic carbocycles. The van der Waals surface area contributed by atoms with Gasteiger partial charge in [0.2, 0.25) is 0 Å². The van der Waals surface area contributed by atoms with E-state index in [1.807, 2.05) is 42.5 Å². The quantitative estimate of drug-likeness (QED) is 0.382. The van der Waals surface area contributed by atoms with Gasteiger partial charge in [-0.15, -0.1) is 0 Å². The Kier molecular flexibility index (Phi) is 5.38. The molecule has 0 aliphatic carbocycles. The molecule has 0 spiro atoms. The number of methoxy groups -OCH3 is 1. The molecule has 0 aliphatic heterocycles. The molecule has 0 fully saturated rings. The molecular formula is C22H19N5O3. The van der Waals surface area contributed by atoms with E-state index in [4.69, 9.17) is 4.74 Å². The Morgan fingerprint density at radius 1 is 1.17 bits per heavy atom. The van der Waals surface area contributed by atoms with E-state index >= 15 is 0 Å². The number of nitrogens with zero attached hydrogens (tertiary/aromatic N) is 4. The predicted octanol–water partition coefficient (Wildman–Crippen LogP) is 2.96. The van der Waals surface area contributed by atoms with Crippen molar-refractivity contribution in [1.82, 2.24) is 20.0 Å². The molecular weight excluding hydrogens is 382 g/mol. The van der Waals surface area contributed by atoms with Crippen LogP contribution in [0.5, 0.6) is 11.5 Å². The Morgan fingerprint density at radius 3 is 2.80 bits per heavy atom. The minimum absolute atomic E-state index is 0.00779. The zero-order chi connectivity index (χ0) is 20.9. The van der Waals surface area contributed by atoms with Crippen molar-refractivity contribution in [2.75, 3.05) is 7.11 Å². The number of para-hydroxylation sites is 3. The van der Waals surface area contributed by atoms with Gasteiger partial charge in [-0.1, -0.05) is 24.3 Å². The predicted molar refractivity (Wildman–Crippen MR) is 113 cm³/mol. The lowest BCUT2D eigenvalue weighted by atomic mass is 10.2. The summed E-state index contributed by atoms with van der Waals surface area (Å²) < 4.78 is 6.86. The summed E-state index contributed by atoms with van der Waals surface area (Å²) >= 11 is 0. The third-order valence-electron chi connectivity index (χ3n) is 4.49. The second-order valence-corrected chi connectivity index (χ2v) is 6.42. The van der Waals surface area contributed by atoms with Crippen molar-refractivity contribution >= 4 is 23.2 Å². The summed E-state index contributed by atoms with van der Waals surface area (Å²) in [5.74, 6) is 0.543. The van der Waals surface area contributed by atoms with Gasteiger partial charge < -0.3 is 14.4 Å². The van der Waals surface area contributed by atoms with E-state index < -0.39 is 0 Å². The second-order valence-electron chi connectivity index (χ2n) is 6.42. The van der Waals surface area contributed by atoms with Gasteiger partial charge >= 0.3 is 0 Å². The molecule has 0 unspecified atom stereocenters. The highest BCUT2D eigenvalue weighted by Crippen LogP contribution is 2.28. The molecule has 0 saturated carbocycles. The fraction of sp³-hybridized carbons (Fsp3) is 0.0909. The van der Waals surface area contributed by atoms with Crippen molar-refractivity contribution in [2.45, 2.75) is 6.54 Å². The number of nitrogens with one attached hydrogen (secondary N) is 1. The Morgan fingerprint density at radius 2 is 2.00 bits per heavy atom. The lowest BCUT2D eigenvalue weighted by Gasteiger charge is -2.08. The van der Waals surface area contributed by atoms with E-state index in [1.54, 1.807) is 29.0 Å². The topological polar surface area (TPSA) is 102 Å². The van der Waals surface area contributed by atoms with Gasteiger partial charge in [0, 0.05) is 11.8 Å². The second kappa shape index (κ2) is 8.44. The highest BCUT2D eigenvalue weighted by atomic mass is 16.5. The van der Waals surface area contributed by atoms with Crippen LogP contribution in [0, 0.1) is 0 Å². The average Bonchev–Trinajstić information content (AvgIpc) is 3.14. The van der Waals surface area contributed by atoms with Gasteiger partial charge in [-0.05, 0) is 36.4 Å². The highest BCUT2D eigenvalue weighted by Gasteiger charge is 2.15. The number of carbonyl (C=O) groups is 1. The Labute approximate surface area is 172 Å². The number of imidazole rings is 1. The maximum atomic E-state index is 12.6. The van der Waals surface area contributed by atoms with Gasteiger partial charge in [0.1, 0.15) is 12.2 Å². The van der Waals surface area contributed by atoms with Crippen LogP contribution in [-0.2, 0) is 11.3 Å². The Bertz CT molecular complexity index is 1220. The van der Waals surface area contributed by atoms with Crippen LogP contribution in [0.15, 0.2) is 72.0 Å². The van der Waals surface area contributed by atoms with Crippen LogP contribution in [0.2, 0.25) is 0 Å². The fourth-order valence-corrected chi connectivity index (χ4v) is 3.09. The summed E-state index contributed by atoms with van der Waals surface area (Å²) in [6.07, 6.45) is 3.05. The first-order valence-electron chi connectivity index (χ1n) is 9.22. The van der Waals surface area contributed by atoms with Gasteiger partial charge in [0.25, 0.3) is 5.91 Å². The lowest BCUT2D eigenvalue weighted by Crippen LogP contribution is -2.23. The molecule has 1 amide bonds. The first-order chi connectivity index (χ1) is 14.7. The summed E-state index contributed by atoms with van der Waals surface area (Å²) in [6, 6.07) is 18.1. The number of hydrazone groups is 1. The number of phenolic OH excluding ortho intramolecular Hbond substituents is 1. The minimum Gasteiger partial charge on any atom is -0.504 e. The molecule has 150 valence electrons. The number of hydrogen-bond donors (Lipinski definition) is 2. The number of hydrogen-bond acceptors (Lipinski definition) is 6. The summed E-state index contributed by atoms with van der Waals surface area (Å²) in [5, 5.41) is 14.0. The number of fused-ring (bicyclic) bond motifs is 1. The third-order valence-corrected chi connectivity index (χ3v) is 4.49. The smallest absolute Gasteiger partial charge is 0.260 e. The molecule has 4 rings (SSSR count). The Balaban J connectivity index is 1.56. The zero-order valence-corrected chi connectivity index (χ0v) is 16.2. The van der Waals surface area contributed by atoms with E-state index in [9.17, 15) is 9.90 Å². The van der Waals surface area contributed by atoms with Crippen molar-refractivity contribution < 1.29 is 14.6 Å². The van der Waals surface area contributed by atoms with Gasteiger partial charge in [-0.3, -0.25) is 9.78 Å². The van der Waals surface area contributed by atoms with Crippen LogP contribution in [0.4, 0.5) is 0 Å². The first kappa shape index (κ1) is 19.1. The molecule has 8 heteroatoms. The van der Waals surface area contributed by atoms with Gasteiger partial charge in [0.05, 0.1) is 24.4 Å². The number of amides is 1.